The summed E-state index contributed by atoms with van der Waals surface area (Å²) in [6, 6.07) is 7.57. The fourth-order valence-electron chi connectivity index (χ4n) is 3.05. The number of carbonyl (C=O) groups is 1. The van der Waals surface area contributed by atoms with Gasteiger partial charge in [-0.25, -0.2) is 8.42 Å². The van der Waals surface area contributed by atoms with E-state index in [4.69, 9.17) is 4.74 Å². The minimum absolute atomic E-state index is 0.000684. The number of pyridine rings is 1. The summed E-state index contributed by atoms with van der Waals surface area (Å²) in [7, 11) is -3.98. The maximum absolute atomic E-state index is 13.1. The molecule has 1 fully saturated rings. The first kappa shape index (κ1) is 20.4. The summed E-state index contributed by atoms with van der Waals surface area (Å²) in [5.41, 5.74) is 0. The lowest BCUT2D eigenvalue weighted by atomic mass is 10.0. The van der Waals surface area contributed by atoms with Crippen molar-refractivity contribution in [3.63, 3.8) is 0 Å². The minimum atomic E-state index is -3.98. The number of carboxylic acids is 1. The zero-order valence-electron chi connectivity index (χ0n) is 15.3. The predicted octanol–water partition coefficient (Wildman–Crippen LogP) is 2.08. The number of aliphatic carboxylic acids is 1. The Bertz CT molecular complexity index is 959. The lowest BCUT2D eigenvalue weighted by Crippen LogP contribution is -2.58. The van der Waals surface area contributed by atoms with Crippen LogP contribution in [0.5, 0.6) is 11.5 Å². The molecule has 1 atom stereocenters. The molecule has 1 aromatic carbocycles. The molecule has 28 heavy (non-hydrogen) atoms. The molecule has 0 unspecified atom stereocenters. The van der Waals surface area contributed by atoms with Crippen LogP contribution in [0, 0.1) is 5.21 Å². The molecule has 150 valence electrons. The summed E-state index contributed by atoms with van der Waals surface area (Å²) in [6.07, 6.45) is 2.58. The van der Waals surface area contributed by atoms with E-state index >= 15 is 0 Å². The molecule has 1 saturated heterocycles. The molecule has 1 aliphatic heterocycles. The highest BCUT2D eigenvalue weighted by atomic mass is 32.2. The van der Waals surface area contributed by atoms with Crippen molar-refractivity contribution < 1.29 is 27.8 Å². The number of rotatable bonds is 5. The Hall–Kier alpha value is -2.30. The molecule has 10 heteroatoms. The highest BCUT2D eigenvalue weighted by Crippen LogP contribution is 2.38. The molecule has 0 saturated carbocycles. The number of carboxylic acid groups (broad SMARTS) is 1. The molecule has 1 aliphatic rings. The van der Waals surface area contributed by atoms with Crippen molar-refractivity contribution in [1.82, 2.24) is 4.31 Å². The van der Waals surface area contributed by atoms with Crippen LogP contribution in [-0.4, -0.2) is 46.9 Å². The van der Waals surface area contributed by atoms with Gasteiger partial charge in [-0.15, -0.1) is 0 Å². The highest BCUT2D eigenvalue weighted by Gasteiger charge is 2.48. The molecule has 0 radical (unpaired) electrons. The molecule has 1 N–H and O–H groups in total. The molecule has 2 heterocycles. The Balaban J connectivity index is 1.85. The van der Waals surface area contributed by atoms with E-state index in [1.54, 1.807) is 13.8 Å². The van der Waals surface area contributed by atoms with E-state index in [-0.39, 0.29) is 11.4 Å². The van der Waals surface area contributed by atoms with Gasteiger partial charge in [0.2, 0.25) is 10.0 Å². The Kier molecular flexibility index (Phi) is 5.55. The van der Waals surface area contributed by atoms with Crippen LogP contribution >= 0.6 is 11.8 Å². The predicted molar refractivity (Wildman–Crippen MR) is 104 cm³/mol. The van der Waals surface area contributed by atoms with Crippen LogP contribution in [0.25, 0.3) is 0 Å². The van der Waals surface area contributed by atoms with Gasteiger partial charge >= 0.3 is 5.97 Å². The van der Waals surface area contributed by atoms with Gasteiger partial charge in [0, 0.05) is 29.2 Å². The Labute approximate surface area is 167 Å². The van der Waals surface area contributed by atoms with Crippen molar-refractivity contribution in [2.45, 2.75) is 29.5 Å². The topological polar surface area (TPSA) is 111 Å². The normalized spacial score (nSPS) is 19.9. The van der Waals surface area contributed by atoms with Gasteiger partial charge in [0.1, 0.15) is 17.5 Å². The smallest absolute Gasteiger partial charge is 0.323 e. The summed E-state index contributed by atoms with van der Waals surface area (Å²) in [5.74, 6) is 0.182. The fourth-order valence-corrected chi connectivity index (χ4v) is 6.15. The largest absolute Gasteiger partial charge is 0.619 e. The lowest BCUT2D eigenvalue weighted by Gasteiger charge is -2.42. The number of aromatic nitrogens is 1. The van der Waals surface area contributed by atoms with Crippen LogP contribution in [0.1, 0.15) is 13.8 Å². The fraction of sp³-hybridized carbons (Fsp3) is 0.333. The van der Waals surface area contributed by atoms with Gasteiger partial charge in [0.25, 0.3) is 0 Å². The second-order valence-corrected chi connectivity index (χ2v) is 10.4. The maximum Gasteiger partial charge on any atom is 0.323 e. The van der Waals surface area contributed by atoms with Crippen LogP contribution < -0.4 is 9.47 Å². The number of ether oxygens (including phenoxy) is 1. The highest BCUT2D eigenvalue weighted by molar-refractivity contribution is 8.00. The molecular weight excluding hydrogens is 404 g/mol. The van der Waals surface area contributed by atoms with E-state index in [2.05, 4.69) is 0 Å². The summed E-state index contributed by atoms with van der Waals surface area (Å²) in [4.78, 5) is 11.8. The third-order valence-corrected chi connectivity index (χ3v) is 7.64. The van der Waals surface area contributed by atoms with E-state index in [0.717, 1.165) is 4.31 Å². The van der Waals surface area contributed by atoms with Gasteiger partial charge in [-0.05, 0) is 38.1 Å². The lowest BCUT2D eigenvalue weighted by molar-refractivity contribution is -0.605. The average molecular weight is 425 g/mol. The maximum atomic E-state index is 13.1. The number of sulfonamides is 1. The van der Waals surface area contributed by atoms with Crippen molar-refractivity contribution in [3.05, 3.63) is 54.0 Å². The summed E-state index contributed by atoms with van der Waals surface area (Å²) in [6.45, 7) is 3.60. The molecule has 2 aromatic rings. The van der Waals surface area contributed by atoms with Gasteiger partial charge in [-0.3, -0.25) is 4.79 Å². The summed E-state index contributed by atoms with van der Waals surface area (Å²) >= 11 is 1.45. The molecule has 0 bridgehead atoms. The van der Waals surface area contributed by atoms with E-state index in [1.807, 2.05) is 0 Å². The minimum Gasteiger partial charge on any atom is -0.619 e. The molecule has 0 spiro atoms. The van der Waals surface area contributed by atoms with E-state index in [0.29, 0.717) is 22.0 Å². The third kappa shape index (κ3) is 4.08. The molecule has 0 aliphatic carbocycles. The SMILES string of the molecule is CC1(C)SCCN(S(=O)(=O)c2ccc(Oc3cc[n+]([O-])cc3)cc2)[C@H]1C(=O)O. The van der Waals surface area contributed by atoms with Gasteiger partial charge < -0.3 is 15.1 Å². The number of thioether (sulfide) groups is 1. The van der Waals surface area contributed by atoms with E-state index in [9.17, 15) is 23.5 Å². The van der Waals surface area contributed by atoms with Crippen LogP contribution in [0.4, 0.5) is 0 Å². The van der Waals surface area contributed by atoms with Gasteiger partial charge in [0.05, 0.1) is 4.90 Å². The monoisotopic (exact) mass is 424 g/mol. The molecule has 3 rings (SSSR count). The zero-order valence-corrected chi connectivity index (χ0v) is 16.9. The van der Waals surface area contributed by atoms with Gasteiger partial charge in [-0.2, -0.15) is 20.8 Å². The second kappa shape index (κ2) is 7.61. The number of benzene rings is 1. The number of hydrogen-bond donors (Lipinski definition) is 1. The molecular formula is C18H20N2O6S2. The van der Waals surface area contributed by atoms with Gasteiger partial charge in [0.15, 0.2) is 12.4 Å². The summed E-state index contributed by atoms with van der Waals surface area (Å²) < 4.78 is 32.7. The summed E-state index contributed by atoms with van der Waals surface area (Å²) in [5, 5.41) is 20.7. The van der Waals surface area contributed by atoms with Crippen LogP contribution in [-0.2, 0) is 14.8 Å². The average Bonchev–Trinajstić information content (AvgIpc) is 2.63. The molecule has 1 aromatic heterocycles. The van der Waals surface area contributed by atoms with E-state index in [1.165, 1.54) is 60.6 Å². The van der Waals surface area contributed by atoms with Crippen molar-refractivity contribution >= 4 is 27.8 Å². The second-order valence-electron chi connectivity index (χ2n) is 6.78. The number of nitrogens with zero attached hydrogens (tertiary/aromatic N) is 2. The first-order valence-electron chi connectivity index (χ1n) is 8.46. The molecule has 0 amide bonds. The van der Waals surface area contributed by atoms with Crippen molar-refractivity contribution in [3.8, 4) is 11.5 Å². The van der Waals surface area contributed by atoms with Crippen LogP contribution in [0.3, 0.4) is 0 Å². The van der Waals surface area contributed by atoms with Crippen molar-refractivity contribution in [2.24, 2.45) is 0 Å². The van der Waals surface area contributed by atoms with E-state index < -0.39 is 26.8 Å². The Morgan fingerprint density at radius 3 is 2.36 bits per heavy atom. The zero-order chi connectivity index (χ0) is 20.5. The van der Waals surface area contributed by atoms with Crippen molar-refractivity contribution in [1.29, 1.82) is 0 Å². The van der Waals surface area contributed by atoms with Gasteiger partial charge in [-0.1, -0.05) is 0 Å². The Morgan fingerprint density at radius 2 is 1.79 bits per heavy atom. The quantitative estimate of drug-likeness (QED) is 0.578. The van der Waals surface area contributed by atoms with Crippen LogP contribution in [0.15, 0.2) is 53.7 Å². The molecule has 8 nitrogen and oxygen atoms in total. The Morgan fingerprint density at radius 1 is 1.21 bits per heavy atom. The van der Waals surface area contributed by atoms with Crippen LogP contribution in [0.2, 0.25) is 0 Å². The number of hydrogen-bond acceptors (Lipinski definition) is 6. The third-order valence-electron chi connectivity index (χ3n) is 4.40. The standard InChI is InChI=1S/C18H20N2O6S2/c1-18(2)16(17(21)22)20(11-12-27-18)28(24,25)15-5-3-13(4-6-15)26-14-7-9-19(23)10-8-14/h3-10,16H,11-12H2,1-2H3,(H,21,22)/t16-/m0/s1. The van der Waals surface area contributed by atoms with Crippen molar-refractivity contribution in [2.75, 3.05) is 12.3 Å². The first-order valence-corrected chi connectivity index (χ1v) is 10.9. The first-order chi connectivity index (χ1) is 13.1.